The Hall–Kier alpha value is -0.180. The number of hydrogen-bond acceptors (Lipinski definition) is 1. The molecule has 0 aliphatic carbocycles. The first-order chi connectivity index (χ1) is 3.39. The van der Waals surface area contributed by atoms with Gasteiger partial charge in [-0.15, -0.1) is 0 Å². The van der Waals surface area contributed by atoms with Crippen LogP contribution in [0.2, 0.25) is 0 Å². The van der Waals surface area contributed by atoms with Gasteiger partial charge in [-0.05, 0) is 0 Å². The second-order valence-electron chi connectivity index (χ2n) is 1.32. The Morgan fingerprint density at radius 3 is 1.75 bits per heavy atom. The van der Waals surface area contributed by atoms with Gasteiger partial charge < -0.3 is 0 Å². The summed E-state index contributed by atoms with van der Waals surface area (Å²) >= 11 is 0. The van der Waals surface area contributed by atoms with Gasteiger partial charge in [-0.25, -0.2) is 5.84 Å². The van der Waals surface area contributed by atoms with Gasteiger partial charge in [0.25, 0.3) is 0 Å². The molecule has 1 aromatic rings. The van der Waals surface area contributed by atoms with E-state index in [0.717, 1.165) is 0 Å². The van der Waals surface area contributed by atoms with Crippen molar-refractivity contribution in [3.63, 3.8) is 0 Å². The molecule has 0 saturated heterocycles. The van der Waals surface area contributed by atoms with Crippen LogP contribution in [0.4, 0.5) is 0 Å². The van der Waals surface area contributed by atoms with Crippen LogP contribution < -0.4 is 10.5 Å². The summed E-state index contributed by atoms with van der Waals surface area (Å²) in [5, 5.41) is 0. The minimum atomic E-state index is 0. The zero-order valence-electron chi connectivity index (χ0n) is 4.41. The predicted octanol–water partition coefficient (Wildman–Crippen LogP) is -0.315. The van der Waals surface area contributed by atoms with Crippen molar-refractivity contribution in [3.8, 4) is 0 Å². The smallest absolute Gasteiger partial charge is 0.199 e. The second-order valence-corrected chi connectivity index (χ2v) is 1.32. The Bertz CT molecular complexity index is 140. The van der Waals surface area contributed by atoms with Crippen LogP contribution in [-0.4, -0.2) is 0 Å². The molecule has 0 saturated carbocycles. The molecule has 1 rings (SSSR count). The summed E-state index contributed by atoms with van der Waals surface area (Å²) in [5.41, 5.74) is 0. The summed E-state index contributed by atoms with van der Waals surface area (Å²) in [6.45, 7) is 0. The molecule has 2 N–H and O–H groups in total. The molecule has 0 aliphatic rings. The molecule has 0 spiro atoms. The number of nitrogens with zero attached hydrogens (tertiary/aromatic N) is 1. The number of hydrogen-bond donors (Lipinski definition) is 1. The van der Waals surface area contributed by atoms with Crippen LogP contribution in [0.25, 0.3) is 0 Å². The van der Waals surface area contributed by atoms with E-state index in [4.69, 9.17) is 5.84 Å². The zero-order valence-corrected chi connectivity index (χ0v) is 8.00. The predicted molar refractivity (Wildman–Crippen MR) is 26.8 cm³/mol. The zero-order chi connectivity index (χ0) is 5.11. The quantitative estimate of drug-likeness (QED) is 0.392. The van der Waals surface area contributed by atoms with Crippen molar-refractivity contribution in [2.75, 3.05) is 5.84 Å². The number of nitrogens with two attached hydrogens (primary N) is 1. The van der Waals surface area contributed by atoms with Crippen LogP contribution in [0.1, 0.15) is 0 Å². The van der Waals surface area contributed by atoms with Crippen molar-refractivity contribution < 1.29 is 30.5 Å². The molecule has 0 aliphatic heterocycles. The summed E-state index contributed by atoms with van der Waals surface area (Å²) in [7, 11) is 0. The summed E-state index contributed by atoms with van der Waals surface area (Å²) in [5.74, 6) is 5.27. The Labute approximate surface area is 67.1 Å². The maximum Gasteiger partial charge on any atom is 0.199 e. The first-order valence-corrected chi connectivity index (χ1v) is 2.11. The summed E-state index contributed by atoms with van der Waals surface area (Å²) in [4.78, 5) is 0. The standard InChI is InChI=1S/C5H7N2.Hf/c6-7-4-2-1-3-5-7;/h1-5H,6H2;/q+1;. The van der Waals surface area contributed by atoms with E-state index in [2.05, 4.69) is 0 Å². The maximum absolute atomic E-state index is 5.27. The van der Waals surface area contributed by atoms with Gasteiger partial charge in [0.05, 0.1) is 0 Å². The molecule has 40 valence electrons. The van der Waals surface area contributed by atoms with Gasteiger partial charge in [-0.2, -0.15) is 0 Å². The number of aromatic nitrogens is 1. The van der Waals surface area contributed by atoms with Crippen molar-refractivity contribution in [2.24, 2.45) is 0 Å². The third-order valence-corrected chi connectivity index (χ3v) is 0.739. The van der Waals surface area contributed by atoms with Crippen molar-refractivity contribution in [2.45, 2.75) is 0 Å². The summed E-state index contributed by atoms with van der Waals surface area (Å²) in [6, 6.07) is 5.67. The number of rotatable bonds is 0. The molecule has 8 heavy (non-hydrogen) atoms. The monoisotopic (exact) mass is 275 g/mol. The summed E-state index contributed by atoms with van der Waals surface area (Å²) in [6.07, 6.45) is 3.56. The third-order valence-electron chi connectivity index (χ3n) is 0.739. The minimum absolute atomic E-state index is 0. The molecular formula is C5H7HfN2+. The van der Waals surface area contributed by atoms with E-state index in [9.17, 15) is 0 Å². The average Bonchev–Trinajstić information content (AvgIpc) is 1.69. The largest absolute Gasteiger partial charge is 0.205 e. The van der Waals surface area contributed by atoms with Crippen molar-refractivity contribution in [1.82, 2.24) is 0 Å². The van der Waals surface area contributed by atoms with E-state index in [1.54, 1.807) is 12.4 Å². The van der Waals surface area contributed by atoms with Crippen LogP contribution in [0.3, 0.4) is 0 Å². The molecule has 0 unspecified atom stereocenters. The number of pyridine rings is 1. The molecule has 1 aromatic heterocycles. The van der Waals surface area contributed by atoms with E-state index in [-0.39, 0.29) is 25.8 Å². The molecule has 3 heteroatoms. The minimum Gasteiger partial charge on any atom is -0.205 e. The fraction of sp³-hybridized carbons (Fsp3) is 0. The average molecular weight is 274 g/mol. The molecule has 0 radical (unpaired) electrons. The van der Waals surface area contributed by atoms with Crippen molar-refractivity contribution in [1.29, 1.82) is 0 Å². The van der Waals surface area contributed by atoms with Gasteiger partial charge in [-0.3, -0.25) is 0 Å². The van der Waals surface area contributed by atoms with Crippen LogP contribution in [0.15, 0.2) is 30.6 Å². The molecular weight excluding hydrogens is 267 g/mol. The van der Waals surface area contributed by atoms with Gasteiger partial charge in [0, 0.05) is 38.0 Å². The SMILES string of the molecule is N[n+]1ccccc1.[Hf]. The van der Waals surface area contributed by atoms with Crippen LogP contribution >= 0.6 is 0 Å². The van der Waals surface area contributed by atoms with Gasteiger partial charge >= 0.3 is 0 Å². The molecule has 0 amide bonds. The Morgan fingerprint density at radius 2 is 1.50 bits per heavy atom. The van der Waals surface area contributed by atoms with E-state index in [1.807, 2.05) is 18.2 Å². The van der Waals surface area contributed by atoms with Gasteiger partial charge in [0.15, 0.2) is 12.4 Å². The first kappa shape index (κ1) is 7.82. The molecule has 0 bridgehead atoms. The van der Waals surface area contributed by atoms with Crippen molar-refractivity contribution >= 4 is 0 Å². The Balaban J connectivity index is 0.000000490. The van der Waals surface area contributed by atoms with Crippen LogP contribution in [-0.2, 0) is 25.8 Å². The fourth-order valence-corrected chi connectivity index (χ4v) is 0.412. The normalized spacial score (nSPS) is 7.50. The van der Waals surface area contributed by atoms with E-state index < -0.39 is 0 Å². The van der Waals surface area contributed by atoms with Crippen molar-refractivity contribution in [3.05, 3.63) is 30.6 Å². The second kappa shape index (κ2) is 3.78. The molecule has 0 atom stereocenters. The van der Waals surface area contributed by atoms with E-state index >= 15 is 0 Å². The van der Waals surface area contributed by atoms with E-state index in [1.165, 1.54) is 4.68 Å². The maximum atomic E-state index is 5.27. The molecule has 1 heterocycles. The topological polar surface area (TPSA) is 29.9 Å². The number of nitrogen functional groups attached to an aromatic ring is 1. The Morgan fingerprint density at radius 1 is 1.00 bits per heavy atom. The summed E-state index contributed by atoms with van der Waals surface area (Å²) < 4.78 is 1.50. The molecule has 0 fully saturated rings. The van der Waals surface area contributed by atoms with Gasteiger partial charge in [0.2, 0.25) is 0 Å². The molecule has 0 aromatic carbocycles. The first-order valence-electron chi connectivity index (χ1n) is 2.11. The van der Waals surface area contributed by atoms with Gasteiger partial charge in [0.1, 0.15) is 0 Å². The third kappa shape index (κ3) is 2.21. The van der Waals surface area contributed by atoms with Gasteiger partial charge in [-0.1, -0.05) is 10.7 Å². The fourth-order valence-electron chi connectivity index (χ4n) is 0.412. The van der Waals surface area contributed by atoms with Crippen LogP contribution in [0, 0.1) is 0 Å². The van der Waals surface area contributed by atoms with E-state index in [0.29, 0.717) is 0 Å². The molecule has 2 nitrogen and oxygen atoms in total. The van der Waals surface area contributed by atoms with Crippen LogP contribution in [0.5, 0.6) is 0 Å². The Kier molecular flexibility index (Phi) is 3.69.